The molecule has 4 aromatic carbocycles. The highest BCUT2D eigenvalue weighted by molar-refractivity contribution is 6.09. The fourth-order valence-electron chi connectivity index (χ4n) is 5.50. The Kier molecular flexibility index (Phi) is 7.97. The van der Waals surface area contributed by atoms with Crippen LogP contribution in [0.15, 0.2) is 146 Å². The van der Waals surface area contributed by atoms with Crippen molar-refractivity contribution < 1.29 is 18.9 Å². The molecule has 0 saturated carbocycles. The van der Waals surface area contributed by atoms with Crippen molar-refractivity contribution in [3.63, 3.8) is 0 Å². The zero-order chi connectivity index (χ0) is 33.0. The number of fused-ring (bicyclic) bond motifs is 3. The van der Waals surface area contributed by atoms with E-state index in [1.54, 1.807) is 24.5 Å². The molecule has 0 atom stereocenters. The molecule has 8 rings (SSSR count). The van der Waals surface area contributed by atoms with Crippen LogP contribution in [0.5, 0.6) is 46.3 Å². The molecule has 0 N–H and O–H groups in total. The first-order valence-electron chi connectivity index (χ1n) is 15.8. The van der Waals surface area contributed by atoms with Crippen molar-refractivity contribution in [3.8, 4) is 52.2 Å². The summed E-state index contributed by atoms with van der Waals surface area (Å²) in [5.41, 5.74) is 2.83. The highest BCUT2D eigenvalue weighted by atomic mass is 16.5. The minimum atomic E-state index is 0.508. The second-order valence-electron chi connectivity index (χ2n) is 11.1. The molecule has 4 heterocycles. The van der Waals surface area contributed by atoms with Crippen molar-refractivity contribution in [2.45, 2.75) is 13.3 Å². The van der Waals surface area contributed by atoms with Gasteiger partial charge in [-0.15, -0.1) is 0 Å². The van der Waals surface area contributed by atoms with E-state index < -0.39 is 0 Å². The summed E-state index contributed by atoms with van der Waals surface area (Å²) in [6.07, 6.45) is 7.95. The van der Waals surface area contributed by atoms with Crippen LogP contribution in [0, 0.1) is 0 Å². The van der Waals surface area contributed by atoms with E-state index in [0.29, 0.717) is 52.2 Å². The second-order valence-corrected chi connectivity index (χ2v) is 11.1. The molecule has 0 unspecified atom stereocenters. The largest absolute Gasteiger partial charge is 0.457 e. The third-order valence-electron chi connectivity index (χ3n) is 7.81. The van der Waals surface area contributed by atoms with Gasteiger partial charge < -0.3 is 18.9 Å². The van der Waals surface area contributed by atoms with Crippen LogP contribution < -0.4 is 18.9 Å². The lowest BCUT2D eigenvalue weighted by molar-refractivity contribution is 0.448. The number of aromatic nitrogens is 5. The maximum Gasteiger partial charge on any atom is 0.234 e. The Balaban J connectivity index is 1.15. The van der Waals surface area contributed by atoms with Gasteiger partial charge in [0.15, 0.2) is 0 Å². The number of hydrogen-bond acceptors (Lipinski definition) is 8. The van der Waals surface area contributed by atoms with Crippen molar-refractivity contribution in [1.29, 1.82) is 0 Å². The number of rotatable bonds is 10. The van der Waals surface area contributed by atoms with E-state index in [1.807, 2.05) is 114 Å². The van der Waals surface area contributed by atoms with Crippen molar-refractivity contribution in [2.75, 3.05) is 0 Å². The van der Waals surface area contributed by atoms with Crippen molar-refractivity contribution in [1.82, 2.24) is 24.5 Å². The number of ether oxygens (including phenoxy) is 4. The number of nitrogens with zero attached hydrogens (tertiary/aromatic N) is 5. The molecule has 49 heavy (non-hydrogen) atoms. The summed E-state index contributed by atoms with van der Waals surface area (Å²) in [6.45, 7) is 2.08. The van der Waals surface area contributed by atoms with Crippen LogP contribution in [-0.4, -0.2) is 24.5 Å². The second kappa shape index (κ2) is 13.2. The van der Waals surface area contributed by atoms with Crippen LogP contribution in [0.2, 0.25) is 0 Å². The predicted molar refractivity (Wildman–Crippen MR) is 187 cm³/mol. The molecule has 8 aromatic rings. The lowest BCUT2D eigenvalue weighted by atomic mass is 10.1. The van der Waals surface area contributed by atoms with E-state index in [2.05, 4.69) is 29.0 Å². The van der Waals surface area contributed by atoms with Crippen LogP contribution in [0.1, 0.15) is 12.5 Å². The Labute approximate surface area is 282 Å². The monoisotopic (exact) mass is 643 g/mol. The van der Waals surface area contributed by atoms with Gasteiger partial charge in [-0.2, -0.15) is 0 Å². The van der Waals surface area contributed by atoms with Gasteiger partial charge in [-0.05, 0) is 72.6 Å². The third-order valence-corrected chi connectivity index (χ3v) is 7.81. The van der Waals surface area contributed by atoms with Crippen LogP contribution in [0.3, 0.4) is 0 Å². The van der Waals surface area contributed by atoms with E-state index in [4.69, 9.17) is 28.9 Å². The molecular formula is C40H29N5O4. The summed E-state index contributed by atoms with van der Waals surface area (Å²) in [5.74, 6) is 5.36. The Morgan fingerprint density at radius 1 is 0.469 bits per heavy atom. The Hall–Kier alpha value is -6.74. The van der Waals surface area contributed by atoms with Gasteiger partial charge in [-0.3, -0.25) is 4.57 Å². The molecule has 4 aromatic heterocycles. The lowest BCUT2D eigenvalue weighted by Gasteiger charge is -2.11. The summed E-state index contributed by atoms with van der Waals surface area (Å²) in [5, 5.41) is 2.05. The van der Waals surface area contributed by atoms with Gasteiger partial charge in [0.25, 0.3) is 0 Å². The van der Waals surface area contributed by atoms with E-state index in [9.17, 15) is 0 Å². The standard InChI is InChI=1S/C40H29N5O4/c1-2-27-25-43-40(44-26-27)45-36-23-32(46-28-9-7-11-30(21-28)48-38-13-3-5-19-41-38)15-17-34(36)35-18-16-33(24-37(35)45)47-29-10-8-12-31(22-29)49-39-14-4-6-20-42-39/h3-26H,2H2,1H3. The summed E-state index contributed by atoms with van der Waals surface area (Å²) >= 11 is 0. The van der Waals surface area contributed by atoms with Crippen LogP contribution in [-0.2, 0) is 6.42 Å². The Morgan fingerprint density at radius 2 is 0.939 bits per heavy atom. The summed E-state index contributed by atoms with van der Waals surface area (Å²) in [6, 6.07) is 38.0. The van der Waals surface area contributed by atoms with Gasteiger partial charge in [-0.1, -0.05) is 31.2 Å². The molecule has 0 aliphatic heterocycles. The number of hydrogen-bond donors (Lipinski definition) is 0. The smallest absolute Gasteiger partial charge is 0.234 e. The van der Waals surface area contributed by atoms with Crippen LogP contribution in [0.4, 0.5) is 0 Å². The molecule has 0 fully saturated rings. The molecular weight excluding hydrogens is 614 g/mol. The number of benzene rings is 4. The number of pyridine rings is 2. The summed E-state index contributed by atoms with van der Waals surface area (Å²) in [4.78, 5) is 18.0. The van der Waals surface area contributed by atoms with Crippen LogP contribution in [0.25, 0.3) is 27.8 Å². The predicted octanol–water partition coefficient (Wildman–Crippen LogP) is 10.1. The molecule has 238 valence electrons. The first-order chi connectivity index (χ1) is 24.2. The van der Waals surface area contributed by atoms with E-state index in [0.717, 1.165) is 33.8 Å². The molecule has 9 heteroatoms. The fourth-order valence-corrected chi connectivity index (χ4v) is 5.50. The van der Waals surface area contributed by atoms with Gasteiger partial charge in [0, 0.05) is 72.0 Å². The molecule has 0 spiro atoms. The van der Waals surface area contributed by atoms with Gasteiger partial charge in [-0.25, -0.2) is 19.9 Å². The van der Waals surface area contributed by atoms with Gasteiger partial charge in [0.2, 0.25) is 17.7 Å². The maximum absolute atomic E-state index is 6.35. The minimum Gasteiger partial charge on any atom is -0.457 e. The lowest BCUT2D eigenvalue weighted by Crippen LogP contribution is -2.01. The zero-order valence-corrected chi connectivity index (χ0v) is 26.4. The first-order valence-corrected chi connectivity index (χ1v) is 15.8. The summed E-state index contributed by atoms with van der Waals surface area (Å²) in [7, 11) is 0. The highest BCUT2D eigenvalue weighted by Gasteiger charge is 2.17. The van der Waals surface area contributed by atoms with Crippen molar-refractivity contribution in [3.05, 3.63) is 152 Å². The summed E-state index contributed by atoms with van der Waals surface area (Å²) < 4.78 is 26.6. The number of aryl methyl sites for hydroxylation is 1. The third kappa shape index (κ3) is 6.45. The molecule has 0 bridgehead atoms. The molecule has 0 radical (unpaired) electrons. The van der Waals surface area contributed by atoms with Crippen LogP contribution >= 0.6 is 0 Å². The van der Waals surface area contributed by atoms with E-state index in [1.165, 1.54) is 0 Å². The molecule has 9 nitrogen and oxygen atoms in total. The maximum atomic E-state index is 6.35. The van der Waals surface area contributed by atoms with E-state index in [-0.39, 0.29) is 0 Å². The molecule has 0 aliphatic carbocycles. The fraction of sp³-hybridized carbons (Fsp3) is 0.0500. The minimum absolute atomic E-state index is 0.508. The normalized spacial score (nSPS) is 11.0. The topological polar surface area (TPSA) is 93.4 Å². The quantitative estimate of drug-likeness (QED) is 0.145. The zero-order valence-electron chi connectivity index (χ0n) is 26.4. The van der Waals surface area contributed by atoms with Gasteiger partial charge in [0.05, 0.1) is 11.0 Å². The molecule has 0 saturated heterocycles. The van der Waals surface area contributed by atoms with E-state index >= 15 is 0 Å². The highest BCUT2D eigenvalue weighted by Crippen LogP contribution is 2.38. The first kappa shape index (κ1) is 29.6. The average molecular weight is 644 g/mol. The van der Waals surface area contributed by atoms with Crippen molar-refractivity contribution in [2.24, 2.45) is 0 Å². The van der Waals surface area contributed by atoms with Gasteiger partial charge >= 0.3 is 0 Å². The van der Waals surface area contributed by atoms with Gasteiger partial charge in [0.1, 0.15) is 34.5 Å². The van der Waals surface area contributed by atoms with Crippen molar-refractivity contribution >= 4 is 21.8 Å². The molecule has 0 aliphatic rings. The Morgan fingerprint density at radius 3 is 1.39 bits per heavy atom. The average Bonchev–Trinajstić information content (AvgIpc) is 3.45. The SMILES string of the molecule is CCc1cnc(-n2c3cc(Oc4cccc(Oc5ccccn5)c4)ccc3c3ccc(Oc4cccc(Oc5ccccn5)c4)cc32)nc1. The molecule has 0 amide bonds. The Bertz CT molecular complexity index is 2240.